The van der Waals surface area contributed by atoms with Gasteiger partial charge in [0.05, 0.1) is 11.2 Å². The Bertz CT molecular complexity index is 660. The third-order valence-electron chi connectivity index (χ3n) is 3.36. The number of allylic oxidation sites excluding steroid dienone is 1. The molecule has 2 aromatic rings. The molecule has 0 radical (unpaired) electrons. The van der Waals surface area contributed by atoms with Crippen LogP contribution in [0.2, 0.25) is 0 Å². The minimum atomic E-state index is -0.212. The molecule has 0 bridgehead atoms. The Balaban J connectivity index is 1.68. The van der Waals surface area contributed by atoms with E-state index in [1.165, 1.54) is 12.0 Å². The molecule has 0 saturated carbocycles. The van der Waals surface area contributed by atoms with Gasteiger partial charge in [-0.3, -0.25) is 9.97 Å². The van der Waals surface area contributed by atoms with Crippen LogP contribution in [0, 0.1) is 0 Å². The molecule has 0 aliphatic heterocycles. The van der Waals surface area contributed by atoms with E-state index in [4.69, 9.17) is 0 Å². The standard InChI is InChI=1S/C15H16N4O/c20-15(18-10-11-4-1-2-5-11)19-13-7-3-6-12-14(13)17-9-8-16-12/h3-4,6-9H,1-2,5,10H2,(H2,18,19,20). The first-order chi connectivity index (χ1) is 9.83. The Morgan fingerprint density at radius 1 is 1.25 bits per heavy atom. The Morgan fingerprint density at radius 3 is 3.00 bits per heavy atom. The van der Waals surface area contributed by atoms with Gasteiger partial charge < -0.3 is 10.6 Å². The number of para-hydroxylation sites is 1. The lowest BCUT2D eigenvalue weighted by molar-refractivity contribution is 0.253. The molecule has 3 rings (SSSR count). The fourth-order valence-corrected chi connectivity index (χ4v) is 2.35. The second-order valence-corrected chi connectivity index (χ2v) is 4.79. The van der Waals surface area contributed by atoms with E-state index in [9.17, 15) is 4.79 Å². The van der Waals surface area contributed by atoms with Crippen LogP contribution < -0.4 is 10.6 Å². The van der Waals surface area contributed by atoms with Crippen molar-refractivity contribution in [2.24, 2.45) is 0 Å². The summed E-state index contributed by atoms with van der Waals surface area (Å²) in [4.78, 5) is 20.4. The van der Waals surface area contributed by atoms with E-state index in [2.05, 4.69) is 26.7 Å². The summed E-state index contributed by atoms with van der Waals surface area (Å²) in [6.45, 7) is 0.613. The topological polar surface area (TPSA) is 66.9 Å². The van der Waals surface area contributed by atoms with Crippen molar-refractivity contribution in [3.8, 4) is 0 Å². The molecule has 1 aromatic carbocycles. The number of hydrogen-bond donors (Lipinski definition) is 2. The lowest BCUT2D eigenvalue weighted by Crippen LogP contribution is -2.30. The molecular weight excluding hydrogens is 252 g/mol. The van der Waals surface area contributed by atoms with E-state index in [1.807, 2.05) is 18.2 Å². The van der Waals surface area contributed by atoms with Crippen LogP contribution >= 0.6 is 0 Å². The van der Waals surface area contributed by atoms with Gasteiger partial charge in [0, 0.05) is 18.9 Å². The molecule has 2 amide bonds. The fourth-order valence-electron chi connectivity index (χ4n) is 2.35. The zero-order valence-corrected chi connectivity index (χ0v) is 11.1. The molecule has 1 heterocycles. The van der Waals surface area contributed by atoms with E-state index in [-0.39, 0.29) is 6.03 Å². The van der Waals surface area contributed by atoms with Gasteiger partial charge in [0.1, 0.15) is 5.52 Å². The maximum Gasteiger partial charge on any atom is 0.319 e. The van der Waals surface area contributed by atoms with Gasteiger partial charge in [0.15, 0.2) is 0 Å². The lowest BCUT2D eigenvalue weighted by Gasteiger charge is -2.09. The molecule has 0 spiro atoms. The van der Waals surface area contributed by atoms with Crippen molar-refractivity contribution in [1.29, 1.82) is 0 Å². The van der Waals surface area contributed by atoms with Crippen molar-refractivity contribution >= 4 is 22.8 Å². The van der Waals surface area contributed by atoms with Crippen molar-refractivity contribution in [3.05, 3.63) is 42.2 Å². The second-order valence-electron chi connectivity index (χ2n) is 4.79. The van der Waals surface area contributed by atoms with Crippen molar-refractivity contribution in [2.75, 3.05) is 11.9 Å². The van der Waals surface area contributed by atoms with Crippen LogP contribution in [0.4, 0.5) is 10.5 Å². The highest BCUT2D eigenvalue weighted by molar-refractivity contribution is 5.98. The molecule has 0 atom stereocenters. The third kappa shape index (κ3) is 2.77. The first-order valence-electron chi connectivity index (χ1n) is 6.75. The van der Waals surface area contributed by atoms with E-state index in [1.54, 1.807) is 12.4 Å². The second kappa shape index (κ2) is 5.69. The molecule has 5 nitrogen and oxygen atoms in total. The molecule has 5 heteroatoms. The number of hydrogen-bond acceptors (Lipinski definition) is 3. The van der Waals surface area contributed by atoms with E-state index in [0.29, 0.717) is 17.7 Å². The minimum Gasteiger partial charge on any atom is -0.334 e. The van der Waals surface area contributed by atoms with Crippen LogP contribution in [0.1, 0.15) is 19.3 Å². The molecular formula is C15H16N4O. The van der Waals surface area contributed by atoms with Crippen LogP contribution in [0.3, 0.4) is 0 Å². The molecule has 1 aliphatic carbocycles. The highest BCUT2D eigenvalue weighted by Crippen LogP contribution is 2.19. The summed E-state index contributed by atoms with van der Waals surface area (Å²) >= 11 is 0. The average Bonchev–Trinajstić information content (AvgIpc) is 2.99. The zero-order chi connectivity index (χ0) is 13.8. The largest absolute Gasteiger partial charge is 0.334 e. The number of urea groups is 1. The van der Waals surface area contributed by atoms with Crippen LogP contribution in [-0.4, -0.2) is 22.5 Å². The number of carbonyl (C=O) groups excluding carboxylic acids is 1. The summed E-state index contributed by atoms with van der Waals surface area (Å²) < 4.78 is 0. The lowest BCUT2D eigenvalue weighted by atomic mass is 10.2. The van der Waals surface area contributed by atoms with Gasteiger partial charge in [0.2, 0.25) is 0 Å². The zero-order valence-electron chi connectivity index (χ0n) is 11.1. The number of nitrogens with one attached hydrogen (secondary N) is 2. The molecule has 0 saturated heterocycles. The Morgan fingerprint density at radius 2 is 2.15 bits per heavy atom. The molecule has 1 aromatic heterocycles. The Kier molecular flexibility index (Phi) is 3.58. The fraction of sp³-hybridized carbons (Fsp3) is 0.267. The normalized spacial score (nSPS) is 14.1. The van der Waals surface area contributed by atoms with Crippen molar-refractivity contribution < 1.29 is 4.79 Å². The predicted molar refractivity (Wildman–Crippen MR) is 78.5 cm³/mol. The van der Waals surface area contributed by atoms with Crippen LogP contribution in [0.5, 0.6) is 0 Å². The van der Waals surface area contributed by atoms with E-state index < -0.39 is 0 Å². The van der Waals surface area contributed by atoms with Crippen LogP contribution in [0.15, 0.2) is 42.2 Å². The number of nitrogens with zero attached hydrogens (tertiary/aromatic N) is 2. The summed E-state index contributed by atoms with van der Waals surface area (Å²) in [6, 6.07) is 5.34. The van der Waals surface area contributed by atoms with Gasteiger partial charge >= 0.3 is 6.03 Å². The van der Waals surface area contributed by atoms with Gasteiger partial charge in [-0.1, -0.05) is 17.7 Å². The summed E-state index contributed by atoms with van der Waals surface area (Å²) in [5.74, 6) is 0. The Labute approximate surface area is 117 Å². The summed E-state index contributed by atoms with van der Waals surface area (Å²) in [5, 5.41) is 5.70. The number of rotatable bonds is 3. The SMILES string of the molecule is O=C(NCC1=CCCC1)Nc1cccc2nccnc12. The number of aromatic nitrogens is 2. The first kappa shape index (κ1) is 12.6. The molecule has 20 heavy (non-hydrogen) atoms. The van der Waals surface area contributed by atoms with Crippen molar-refractivity contribution in [3.63, 3.8) is 0 Å². The van der Waals surface area contributed by atoms with Crippen molar-refractivity contribution in [2.45, 2.75) is 19.3 Å². The monoisotopic (exact) mass is 268 g/mol. The number of benzene rings is 1. The van der Waals surface area contributed by atoms with E-state index >= 15 is 0 Å². The predicted octanol–water partition coefficient (Wildman–Crippen LogP) is 2.86. The third-order valence-corrected chi connectivity index (χ3v) is 3.36. The number of fused-ring (bicyclic) bond motifs is 1. The maximum absolute atomic E-state index is 11.9. The average molecular weight is 268 g/mol. The van der Waals surface area contributed by atoms with Gasteiger partial charge in [-0.2, -0.15) is 0 Å². The number of carbonyl (C=O) groups is 1. The van der Waals surface area contributed by atoms with Crippen LogP contribution in [-0.2, 0) is 0 Å². The molecule has 102 valence electrons. The highest BCUT2D eigenvalue weighted by Gasteiger charge is 2.09. The summed E-state index contributed by atoms with van der Waals surface area (Å²) in [5.41, 5.74) is 3.44. The van der Waals surface area contributed by atoms with Crippen molar-refractivity contribution in [1.82, 2.24) is 15.3 Å². The number of anilines is 1. The minimum absolute atomic E-state index is 0.212. The van der Waals surface area contributed by atoms with Gasteiger partial charge in [-0.25, -0.2) is 4.79 Å². The van der Waals surface area contributed by atoms with Gasteiger partial charge in [-0.05, 0) is 31.4 Å². The highest BCUT2D eigenvalue weighted by atomic mass is 16.2. The van der Waals surface area contributed by atoms with Gasteiger partial charge in [0.25, 0.3) is 0 Å². The first-order valence-corrected chi connectivity index (χ1v) is 6.75. The number of amides is 2. The van der Waals surface area contributed by atoms with Gasteiger partial charge in [-0.15, -0.1) is 0 Å². The molecule has 1 aliphatic rings. The molecule has 0 unspecified atom stereocenters. The quantitative estimate of drug-likeness (QED) is 0.841. The van der Waals surface area contributed by atoms with Crippen LogP contribution in [0.25, 0.3) is 11.0 Å². The Hall–Kier alpha value is -2.43. The summed E-state index contributed by atoms with van der Waals surface area (Å²) in [7, 11) is 0. The summed E-state index contributed by atoms with van der Waals surface area (Å²) in [6.07, 6.45) is 8.85. The maximum atomic E-state index is 11.9. The smallest absolute Gasteiger partial charge is 0.319 e. The molecule has 2 N–H and O–H groups in total. The molecule has 0 fully saturated rings. The van der Waals surface area contributed by atoms with E-state index in [0.717, 1.165) is 18.4 Å².